The summed E-state index contributed by atoms with van der Waals surface area (Å²) >= 11 is 0. The topological polar surface area (TPSA) is 58.8 Å². The fraction of sp³-hybridized carbons (Fsp3) is 0.562. The van der Waals surface area contributed by atoms with Crippen molar-refractivity contribution in [3.8, 4) is 5.75 Å². The molecule has 2 rings (SSSR count). The number of amides is 1. The second kappa shape index (κ2) is 7.43. The highest BCUT2D eigenvalue weighted by Crippen LogP contribution is 2.22. The van der Waals surface area contributed by atoms with Gasteiger partial charge in [-0.25, -0.2) is 0 Å². The SMILES string of the molecule is COc1cccc(C(CN)N(C)CC(=O)N2CCCC2)c1. The molecule has 21 heavy (non-hydrogen) atoms. The molecule has 1 fully saturated rings. The van der Waals surface area contributed by atoms with Gasteiger partial charge >= 0.3 is 0 Å². The molecule has 0 saturated carbocycles. The number of likely N-dealkylation sites (N-methyl/N-ethyl adjacent to an activating group) is 1. The number of methoxy groups -OCH3 is 1. The average molecular weight is 291 g/mol. The number of benzene rings is 1. The lowest BCUT2D eigenvalue weighted by molar-refractivity contribution is -0.131. The van der Waals surface area contributed by atoms with E-state index in [1.165, 1.54) is 0 Å². The van der Waals surface area contributed by atoms with Crippen molar-refractivity contribution in [2.24, 2.45) is 5.73 Å². The molecule has 1 aliphatic rings. The van der Waals surface area contributed by atoms with Crippen molar-refractivity contribution in [1.29, 1.82) is 0 Å². The Balaban J connectivity index is 2.03. The van der Waals surface area contributed by atoms with Gasteiger partial charge in [0.15, 0.2) is 0 Å². The average Bonchev–Trinajstić information content (AvgIpc) is 3.02. The van der Waals surface area contributed by atoms with Crippen LogP contribution in [-0.2, 0) is 4.79 Å². The summed E-state index contributed by atoms with van der Waals surface area (Å²) in [5.41, 5.74) is 7.00. The minimum Gasteiger partial charge on any atom is -0.497 e. The number of hydrogen-bond acceptors (Lipinski definition) is 4. The minimum atomic E-state index is 0.0200. The standard InChI is InChI=1S/C16H25N3O2/c1-18(12-16(20)19-8-3-4-9-19)15(11-17)13-6-5-7-14(10-13)21-2/h5-7,10,15H,3-4,8-9,11-12,17H2,1-2H3. The van der Waals surface area contributed by atoms with Crippen molar-refractivity contribution in [3.05, 3.63) is 29.8 Å². The lowest BCUT2D eigenvalue weighted by Gasteiger charge is -2.28. The fourth-order valence-electron chi connectivity index (χ4n) is 2.81. The van der Waals surface area contributed by atoms with Gasteiger partial charge in [0.05, 0.1) is 13.7 Å². The Hall–Kier alpha value is -1.59. The van der Waals surface area contributed by atoms with Crippen LogP contribution in [0.15, 0.2) is 24.3 Å². The zero-order valence-electron chi connectivity index (χ0n) is 12.9. The molecular weight excluding hydrogens is 266 g/mol. The van der Waals surface area contributed by atoms with Crippen molar-refractivity contribution in [2.75, 3.05) is 40.3 Å². The lowest BCUT2D eigenvalue weighted by atomic mass is 10.1. The van der Waals surface area contributed by atoms with Crippen molar-refractivity contribution in [1.82, 2.24) is 9.80 Å². The number of ether oxygens (including phenoxy) is 1. The zero-order chi connectivity index (χ0) is 15.2. The van der Waals surface area contributed by atoms with Crippen LogP contribution in [0, 0.1) is 0 Å². The van der Waals surface area contributed by atoms with Crippen LogP contribution in [0.4, 0.5) is 0 Å². The third-order valence-corrected chi connectivity index (χ3v) is 4.08. The Labute approximate surface area is 126 Å². The smallest absolute Gasteiger partial charge is 0.236 e. The Morgan fingerprint density at radius 2 is 2.14 bits per heavy atom. The quantitative estimate of drug-likeness (QED) is 0.857. The van der Waals surface area contributed by atoms with Crippen LogP contribution in [0.5, 0.6) is 5.75 Å². The second-order valence-electron chi connectivity index (χ2n) is 5.53. The van der Waals surface area contributed by atoms with E-state index < -0.39 is 0 Å². The molecule has 116 valence electrons. The highest BCUT2D eigenvalue weighted by molar-refractivity contribution is 5.78. The van der Waals surface area contributed by atoms with Crippen molar-refractivity contribution >= 4 is 5.91 Å². The monoisotopic (exact) mass is 291 g/mol. The van der Waals surface area contributed by atoms with Gasteiger partial charge in [-0.3, -0.25) is 9.69 Å². The summed E-state index contributed by atoms with van der Waals surface area (Å²) < 4.78 is 5.26. The van der Waals surface area contributed by atoms with Gasteiger partial charge in [0.2, 0.25) is 5.91 Å². The minimum absolute atomic E-state index is 0.0200. The predicted octanol–water partition coefficient (Wildman–Crippen LogP) is 1.25. The summed E-state index contributed by atoms with van der Waals surface area (Å²) in [6.45, 7) is 2.65. The van der Waals surface area contributed by atoms with E-state index in [0.717, 1.165) is 37.2 Å². The number of likely N-dealkylation sites (tertiary alicyclic amines) is 1. The molecule has 0 aliphatic carbocycles. The van der Waals surface area contributed by atoms with E-state index in [4.69, 9.17) is 10.5 Å². The van der Waals surface area contributed by atoms with E-state index in [2.05, 4.69) is 0 Å². The summed E-state index contributed by atoms with van der Waals surface area (Å²) in [7, 11) is 3.60. The van der Waals surface area contributed by atoms with Crippen molar-refractivity contribution in [3.63, 3.8) is 0 Å². The van der Waals surface area contributed by atoms with E-state index >= 15 is 0 Å². The van der Waals surface area contributed by atoms with E-state index in [1.807, 2.05) is 41.1 Å². The van der Waals surface area contributed by atoms with Crippen molar-refractivity contribution < 1.29 is 9.53 Å². The largest absolute Gasteiger partial charge is 0.497 e. The molecule has 0 radical (unpaired) electrons. The molecule has 1 saturated heterocycles. The van der Waals surface area contributed by atoms with Gasteiger partial charge in [0.1, 0.15) is 5.75 Å². The van der Waals surface area contributed by atoms with Gasteiger partial charge in [0, 0.05) is 25.7 Å². The molecule has 1 aromatic rings. The number of carbonyl (C=O) groups excluding carboxylic acids is 1. The van der Waals surface area contributed by atoms with Crippen LogP contribution in [0.25, 0.3) is 0 Å². The first kappa shape index (κ1) is 15.8. The molecule has 2 N–H and O–H groups in total. The molecule has 1 heterocycles. The van der Waals surface area contributed by atoms with Gasteiger partial charge < -0.3 is 15.4 Å². The van der Waals surface area contributed by atoms with Gasteiger partial charge in [-0.05, 0) is 37.6 Å². The van der Waals surface area contributed by atoms with Gasteiger partial charge in [0.25, 0.3) is 0 Å². The van der Waals surface area contributed by atoms with E-state index in [1.54, 1.807) is 7.11 Å². The summed E-state index contributed by atoms with van der Waals surface area (Å²) in [6, 6.07) is 7.89. The highest BCUT2D eigenvalue weighted by Gasteiger charge is 2.23. The molecule has 1 atom stereocenters. The molecule has 5 nitrogen and oxygen atoms in total. The first-order valence-electron chi connectivity index (χ1n) is 7.47. The van der Waals surface area contributed by atoms with E-state index in [0.29, 0.717) is 13.1 Å². The van der Waals surface area contributed by atoms with Crippen LogP contribution in [0.3, 0.4) is 0 Å². The van der Waals surface area contributed by atoms with E-state index in [-0.39, 0.29) is 11.9 Å². The number of hydrogen-bond donors (Lipinski definition) is 1. The molecule has 1 amide bonds. The van der Waals surface area contributed by atoms with Gasteiger partial charge in [-0.15, -0.1) is 0 Å². The molecule has 1 aliphatic heterocycles. The van der Waals surface area contributed by atoms with Crippen LogP contribution in [0.1, 0.15) is 24.4 Å². The fourth-order valence-corrected chi connectivity index (χ4v) is 2.81. The summed E-state index contributed by atoms with van der Waals surface area (Å²) in [5.74, 6) is 1.00. The zero-order valence-corrected chi connectivity index (χ0v) is 12.9. The highest BCUT2D eigenvalue weighted by atomic mass is 16.5. The normalized spacial score (nSPS) is 16.3. The Bertz CT molecular complexity index is 472. The van der Waals surface area contributed by atoms with Crippen molar-refractivity contribution in [2.45, 2.75) is 18.9 Å². The molecule has 0 bridgehead atoms. The summed E-state index contributed by atoms with van der Waals surface area (Å²) in [5, 5.41) is 0. The first-order valence-corrected chi connectivity index (χ1v) is 7.47. The molecule has 0 spiro atoms. The molecule has 1 aromatic carbocycles. The maximum Gasteiger partial charge on any atom is 0.236 e. The van der Waals surface area contributed by atoms with Crippen LogP contribution >= 0.6 is 0 Å². The van der Waals surface area contributed by atoms with Crippen LogP contribution < -0.4 is 10.5 Å². The maximum absolute atomic E-state index is 12.2. The number of carbonyl (C=O) groups is 1. The van der Waals surface area contributed by atoms with Gasteiger partial charge in [-0.2, -0.15) is 0 Å². The van der Waals surface area contributed by atoms with Gasteiger partial charge in [-0.1, -0.05) is 12.1 Å². The van der Waals surface area contributed by atoms with Crippen LogP contribution in [-0.4, -0.2) is 56.0 Å². The Morgan fingerprint density at radius 1 is 1.43 bits per heavy atom. The summed E-state index contributed by atoms with van der Waals surface area (Å²) in [6.07, 6.45) is 2.23. The number of nitrogens with two attached hydrogens (primary N) is 1. The Kier molecular flexibility index (Phi) is 5.59. The summed E-state index contributed by atoms with van der Waals surface area (Å²) in [4.78, 5) is 16.2. The number of nitrogens with zero attached hydrogens (tertiary/aromatic N) is 2. The molecule has 1 unspecified atom stereocenters. The predicted molar refractivity (Wildman–Crippen MR) is 83.2 cm³/mol. The van der Waals surface area contributed by atoms with Crippen LogP contribution in [0.2, 0.25) is 0 Å². The second-order valence-corrected chi connectivity index (χ2v) is 5.53. The third kappa shape index (κ3) is 3.95. The number of rotatable bonds is 6. The first-order chi connectivity index (χ1) is 10.2. The maximum atomic E-state index is 12.2. The van der Waals surface area contributed by atoms with E-state index in [9.17, 15) is 4.79 Å². The third-order valence-electron chi connectivity index (χ3n) is 4.08. The Morgan fingerprint density at radius 3 is 2.76 bits per heavy atom. The molecular formula is C16H25N3O2. The molecule has 5 heteroatoms. The lowest BCUT2D eigenvalue weighted by Crippen LogP contribution is -2.40. The molecule has 0 aromatic heterocycles.